The molecule has 2 saturated heterocycles. The van der Waals surface area contributed by atoms with Gasteiger partial charge in [0, 0.05) is 41.3 Å². The van der Waals surface area contributed by atoms with Gasteiger partial charge < -0.3 is 25.0 Å². The van der Waals surface area contributed by atoms with Crippen LogP contribution in [-0.4, -0.2) is 61.3 Å². The molecule has 1 aromatic heterocycles. The quantitative estimate of drug-likeness (QED) is 0.725. The van der Waals surface area contributed by atoms with Crippen LogP contribution in [0.2, 0.25) is 0 Å². The Morgan fingerprint density at radius 1 is 1.42 bits per heavy atom. The van der Waals surface area contributed by atoms with Crippen LogP contribution in [0, 0.1) is 5.92 Å². The van der Waals surface area contributed by atoms with Crippen molar-refractivity contribution in [3.63, 3.8) is 0 Å². The Balaban J connectivity index is 1.12. The van der Waals surface area contributed by atoms with E-state index in [-0.39, 0.29) is 24.1 Å². The van der Waals surface area contributed by atoms with E-state index in [1.54, 1.807) is 4.88 Å². The summed E-state index contributed by atoms with van der Waals surface area (Å²) in [6, 6.07) is 3.10. The zero-order valence-corrected chi connectivity index (χ0v) is 19.3. The lowest BCUT2D eigenvalue weighted by Crippen LogP contribution is -2.55. The molecule has 170 valence electrons. The van der Waals surface area contributed by atoms with Gasteiger partial charge in [-0.3, -0.25) is 4.79 Å². The summed E-state index contributed by atoms with van der Waals surface area (Å²) in [6.45, 7) is 7.84. The molecular weight excluding hydrogens is 414 g/mol. The summed E-state index contributed by atoms with van der Waals surface area (Å²) in [6.07, 6.45) is 5.10. The largest absolute Gasteiger partial charge is 0.434 e. The van der Waals surface area contributed by atoms with Crippen LogP contribution < -0.4 is 10.6 Å². The molecule has 3 fully saturated rings. The maximum absolute atomic E-state index is 12.2. The Labute approximate surface area is 187 Å². The number of rotatable bonds is 5. The molecule has 1 unspecified atom stereocenters. The van der Waals surface area contributed by atoms with Crippen LogP contribution in [-0.2, 0) is 32.7 Å². The highest BCUT2D eigenvalue weighted by Crippen LogP contribution is 2.46. The summed E-state index contributed by atoms with van der Waals surface area (Å²) in [5.41, 5.74) is 1.39. The van der Waals surface area contributed by atoms with E-state index in [0.29, 0.717) is 12.0 Å². The number of carbonyl (C=O) groups is 2. The average molecular weight is 448 g/mol. The number of amides is 2. The van der Waals surface area contributed by atoms with Gasteiger partial charge in [0.1, 0.15) is 0 Å². The van der Waals surface area contributed by atoms with Gasteiger partial charge in [-0.15, -0.1) is 11.3 Å². The van der Waals surface area contributed by atoms with E-state index in [9.17, 15) is 9.59 Å². The highest BCUT2D eigenvalue weighted by molar-refractivity contribution is 7.12. The maximum atomic E-state index is 12.2. The number of nitrogens with zero attached hydrogens (tertiary/aromatic N) is 1. The first-order chi connectivity index (χ1) is 15.0. The predicted octanol–water partition coefficient (Wildman–Crippen LogP) is 2.57. The minimum Gasteiger partial charge on any atom is -0.434 e. The molecule has 31 heavy (non-hydrogen) atoms. The van der Waals surface area contributed by atoms with Gasteiger partial charge in [-0.25, -0.2) is 4.79 Å². The Morgan fingerprint density at radius 3 is 2.97 bits per heavy atom. The Bertz CT molecular complexity index is 852. The first-order valence-electron chi connectivity index (χ1n) is 11.7. The highest BCUT2D eigenvalue weighted by atomic mass is 32.1. The van der Waals surface area contributed by atoms with Crippen molar-refractivity contribution in [1.82, 2.24) is 15.5 Å². The first kappa shape index (κ1) is 21.2. The second kappa shape index (κ2) is 8.37. The molecule has 8 heteroatoms. The molecule has 1 aromatic rings. The van der Waals surface area contributed by atoms with Crippen molar-refractivity contribution >= 4 is 23.3 Å². The Hall–Kier alpha value is -1.64. The van der Waals surface area contributed by atoms with Crippen molar-refractivity contribution in [2.75, 3.05) is 26.2 Å². The van der Waals surface area contributed by atoms with Crippen molar-refractivity contribution in [1.29, 1.82) is 0 Å². The number of likely N-dealkylation sites (tertiary alicyclic amines) is 1. The number of nitrogens with one attached hydrogen (secondary N) is 2. The van der Waals surface area contributed by atoms with Crippen LogP contribution in [0.3, 0.4) is 0 Å². The number of hydrogen-bond donors (Lipinski definition) is 2. The number of cyclic esters (lactones) is 1. The topological polar surface area (TPSA) is 79.9 Å². The van der Waals surface area contributed by atoms with E-state index in [1.165, 1.54) is 10.4 Å². The van der Waals surface area contributed by atoms with Crippen molar-refractivity contribution < 1.29 is 19.1 Å². The summed E-state index contributed by atoms with van der Waals surface area (Å²) < 4.78 is 11.4. The van der Waals surface area contributed by atoms with Gasteiger partial charge in [0.05, 0.1) is 18.8 Å². The SMILES string of the molecule is CCc1cc2c(s1)CCO[C@@]21CCN(C[C@H]2C[C@@H](NC(=O)C3CNC(=O)O3)C2)[C@@H](C)C1. The lowest BCUT2D eigenvalue weighted by molar-refractivity contribution is -0.130. The monoisotopic (exact) mass is 447 g/mol. The number of alkyl carbamates (subject to hydrolysis) is 1. The third-order valence-corrected chi connectivity index (χ3v) is 8.85. The van der Waals surface area contributed by atoms with Crippen molar-refractivity contribution in [3.8, 4) is 0 Å². The molecule has 1 spiro atoms. The number of carbonyl (C=O) groups excluding carboxylic acids is 2. The molecule has 0 radical (unpaired) electrons. The second-order valence-corrected chi connectivity index (χ2v) is 10.8. The molecule has 4 aliphatic rings. The zero-order valence-electron chi connectivity index (χ0n) is 18.4. The standard InChI is InChI=1S/C23H33N3O4S/c1-3-17-10-18-20(31-17)4-7-29-23(18)5-6-26(14(2)11-23)13-15-8-16(9-15)25-21(27)19-12-24-22(28)30-19/h10,14-16,19H,3-9,11-13H2,1-2H3,(H,24,28)(H,25,27)/t14-,15-,16+,19?,23+/m0/s1. The molecule has 3 atom stereocenters. The molecule has 1 aliphatic carbocycles. The molecule has 2 N–H and O–H groups in total. The van der Waals surface area contributed by atoms with Gasteiger partial charge in [0.15, 0.2) is 6.10 Å². The number of hydrogen-bond acceptors (Lipinski definition) is 6. The summed E-state index contributed by atoms with van der Waals surface area (Å²) in [4.78, 5) is 28.9. The summed E-state index contributed by atoms with van der Waals surface area (Å²) in [5, 5.41) is 5.55. The number of thiophene rings is 1. The third kappa shape index (κ3) is 4.10. The average Bonchev–Trinajstić information content (AvgIpc) is 3.35. The van der Waals surface area contributed by atoms with E-state index < -0.39 is 12.2 Å². The molecule has 3 aliphatic heterocycles. The maximum Gasteiger partial charge on any atom is 0.408 e. The van der Waals surface area contributed by atoms with Crippen molar-refractivity contribution in [2.24, 2.45) is 5.92 Å². The summed E-state index contributed by atoms with van der Waals surface area (Å²) >= 11 is 1.98. The van der Waals surface area contributed by atoms with Crippen LogP contribution in [0.5, 0.6) is 0 Å². The molecule has 7 nitrogen and oxygen atoms in total. The molecule has 2 amide bonds. The lowest BCUT2D eigenvalue weighted by atomic mass is 9.76. The minimum atomic E-state index is -0.685. The van der Waals surface area contributed by atoms with Crippen LogP contribution in [0.25, 0.3) is 0 Å². The first-order valence-corrected chi connectivity index (χ1v) is 12.5. The van der Waals surface area contributed by atoms with Crippen molar-refractivity contribution in [2.45, 2.75) is 76.2 Å². The van der Waals surface area contributed by atoms with E-state index in [1.807, 2.05) is 11.3 Å². The second-order valence-electron chi connectivity index (χ2n) is 9.61. The summed E-state index contributed by atoms with van der Waals surface area (Å²) in [7, 11) is 0. The Kier molecular flexibility index (Phi) is 5.73. The van der Waals surface area contributed by atoms with Crippen LogP contribution >= 0.6 is 11.3 Å². The van der Waals surface area contributed by atoms with Gasteiger partial charge in [0.2, 0.25) is 0 Å². The molecule has 1 saturated carbocycles. The van der Waals surface area contributed by atoms with Gasteiger partial charge in [-0.1, -0.05) is 6.92 Å². The fraction of sp³-hybridized carbons (Fsp3) is 0.739. The van der Waals surface area contributed by atoms with E-state index >= 15 is 0 Å². The van der Waals surface area contributed by atoms with Gasteiger partial charge in [-0.05, 0) is 56.6 Å². The molecule has 0 aromatic carbocycles. The highest BCUT2D eigenvalue weighted by Gasteiger charge is 2.45. The van der Waals surface area contributed by atoms with E-state index in [2.05, 4.69) is 35.4 Å². The summed E-state index contributed by atoms with van der Waals surface area (Å²) in [5.74, 6) is 0.435. The number of piperidine rings is 1. The normalized spacial score (nSPS) is 35.2. The minimum absolute atomic E-state index is 0.0870. The predicted molar refractivity (Wildman–Crippen MR) is 118 cm³/mol. The van der Waals surface area contributed by atoms with Crippen LogP contribution in [0.15, 0.2) is 6.07 Å². The van der Waals surface area contributed by atoms with E-state index in [4.69, 9.17) is 9.47 Å². The molecular formula is C23H33N3O4S. The number of fused-ring (bicyclic) bond motifs is 2. The molecule has 0 bridgehead atoms. The number of ether oxygens (including phenoxy) is 2. The lowest BCUT2D eigenvalue weighted by Gasteiger charge is -2.49. The smallest absolute Gasteiger partial charge is 0.408 e. The third-order valence-electron chi connectivity index (χ3n) is 7.51. The fourth-order valence-electron chi connectivity index (χ4n) is 5.71. The Morgan fingerprint density at radius 2 is 2.26 bits per heavy atom. The van der Waals surface area contributed by atoms with Crippen LogP contribution in [0.1, 0.15) is 54.8 Å². The van der Waals surface area contributed by atoms with Crippen LogP contribution in [0.4, 0.5) is 4.79 Å². The van der Waals surface area contributed by atoms with Crippen molar-refractivity contribution in [3.05, 3.63) is 21.4 Å². The van der Waals surface area contributed by atoms with Gasteiger partial charge >= 0.3 is 6.09 Å². The van der Waals surface area contributed by atoms with Gasteiger partial charge in [-0.2, -0.15) is 0 Å². The molecule has 5 rings (SSSR count). The van der Waals surface area contributed by atoms with E-state index in [0.717, 1.165) is 58.2 Å². The number of aryl methyl sites for hydroxylation is 1. The zero-order chi connectivity index (χ0) is 21.6. The fourth-order valence-corrected chi connectivity index (χ4v) is 6.89. The molecule has 4 heterocycles. The van der Waals surface area contributed by atoms with Gasteiger partial charge in [0.25, 0.3) is 5.91 Å².